The molecule has 1 heterocycles. The zero-order valence-electron chi connectivity index (χ0n) is 9.41. The highest BCUT2D eigenvalue weighted by Crippen LogP contribution is 2.29. The second-order valence-corrected chi connectivity index (χ2v) is 4.82. The fourth-order valence-electron chi connectivity index (χ4n) is 1.20. The minimum Gasteiger partial charge on any atom is -0.352 e. The first-order valence-electron chi connectivity index (χ1n) is 5.34. The van der Waals surface area contributed by atoms with Crippen LogP contribution in [0.5, 0.6) is 0 Å². The number of aromatic nitrogens is 2. The summed E-state index contributed by atoms with van der Waals surface area (Å²) in [5.41, 5.74) is 0. The van der Waals surface area contributed by atoms with E-state index in [9.17, 15) is 18.0 Å². The Morgan fingerprint density at radius 2 is 2.17 bits per heavy atom. The number of halogens is 3. The van der Waals surface area contributed by atoms with Crippen LogP contribution >= 0.6 is 11.5 Å². The molecule has 0 aromatic carbocycles. The molecule has 0 aliphatic heterocycles. The van der Waals surface area contributed by atoms with Gasteiger partial charge in [0.05, 0.1) is 0 Å². The molecule has 1 amide bonds. The number of anilines is 1. The number of amides is 1. The van der Waals surface area contributed by atoms with E-state index in [0.717, 1.165) is 12.8 Å². The van der Waals surface area contributed by atoms with Crippen molar-refractivity contribution in [2.45, 2.75) is 38.0 Å². The van der Waals surface area contributed by atoms with Crippen LogP contribution in [0.2, 0.25) is 0 Å². The van der Waals surface area contributed by atoms with Crippen LogP contribution in [0.1, 0.15) is 25.6 Å². The quantitative estimate of drug-likeness (QED) is 0.880. The topological polar surface area (TPSA) is 66.9 Å². The minimum absolute atomic E-state index is 0.0132. The molecule has 0 radical (unpaired) electrons. The van der Waals surface area contributed by atoms with Crippen molar-refractivity contribution in [1.82, 2.24) is 14.7 Å². The first kappa shape index (κ1) is 13.1. The molecule has 9 heteroatoms. The zero-order valence-corrected chi connectivity index (χ0v) is 10.2. The molecule has 0 bridgehead atoms. The smallest absolute Gasteiger partial charge is 0.352 e. The Balaban J connectivity index is 1.91. The SMILES string of the molecule is CC(Nc1nc(C(F)(F)F)ns1)C(=O)NC1CC1. The van der Waals surface area contributed by atoms with Gasteiger partial charge in [-0.3, -0.25) is 4.79 Å². The summed E-state index contributed by atoms with van der Waals surface area (Å²) < 4.78 is 39.9. The van der Waals surface area contributed by atoms with Gasteiger partial charge in [-0.25, -0.2) is 0 Å². The van der Waals surface area contributed by atoms with E-state index in [4.69, 9.17) is 0 Å². The van der Waals surface area contributed by atoms with Gasteiger partial charge in [-0.2, -0.15) is 22.5 Å². The van der Waals surface area contributed by atoms with Gasteiger partial charge < -0.3 is 10.6 Å². The number of carbonyl (C=O) groups is 1. The summed E-state index contributed by atoms with van der Waals surface area (Å²) in [5.74, 6) is -1.44. The van der Waals surface area contributed by atoms with Crippen LogP contribution in [0.15, 0.2) is 0 Å². The Labute approximate surface area is 105 Å². The lowest BCUT2D eigenvalue weighted by Gasteiger charge is -2.12. The third-order valence-corrected chi connectivity index (χ3v) is 2.98. The lowest BCUT2D eigenvalue weighted by atomic mass is 10.3. The van der Waals surface area contributed by atoms with Crippen molar-refractivity contribution in [3.8, 4) is 0 Å². The van der Waals surface area contributed by atoms with E-state index in [2.05, 4.69) is 20.0 Å². The van der Waals surface area contributed by atoms with Crippen LogP contribution in [0, 0.1) is 0 Å². The molecular formula is C9H11F3N4OS. The van der Waals surface area contributed by atoms with E-state index in [1.807, 2.05) is 0 Å². The summed E-state index contributed by atoms with van der Waals surface area (Å²) in [7, 11) is 0. The van der Waals surface area contributed by atoms with Gasteiger partial charge in [-0.05, 0) is 19.8 Å². The van der Waals surface area contributed by atoms with Gasteiger partial charge in [0.2, 0.25) is 16.9 Å². The van der Waals surface area contributed by atoms with Gasteiger partial charge >= 0.3 is 6.18 Å². The number of nitrogens with zero attached hydrogens (tertiary/aromatic N) is 2. The third kappa shape index (κ3) is 3.31. The van der Waals surface area contributed by atoms with Crippen LogP contribution < -0.4 is 10.6 Å². The summed E-state index contributed by atoms with van der Waals surface area (Å²) in [4.78, 5) is 14.9. The number of hydrogen-bond donors (Lipinski definition) is 2. The summed E-state index contributed by atoms with van der Waals surface area (Å²) in [6, 6.07) is -0.429. The van der Waals surface area contributed by atoms with E-state index in [-0.39, 0.29) is 17.1 Å². The van der Waals surface area contributed by atoms with E-state index in [1.54, 1.807) is 6.92 Å². The van der Waals surface area contributed by atoms with Gasteiger partial charge in [-0.1, -0.05) is 0 Å². The third-order valence-electron chi connectivity index (χ3n) is 2.34. The van der Waals surface area contributed by atoms with Gasteiger partial charge in [0.1, 0.15) is 6.04 Å². The lowest BCUT2D eigenvalue weighted by Crippen LogP contribution is -2.38. The molecule has 5 nitrogen and oxygen atoms in total. The molecule has 1 saturated carbocycles. The maximum absolute atomic E-state index is 12.3. The van der Waals surface area contributed by atoms with Crippen molar-refractivity contribution in [3.05, 3.63) is 5.82 Å². The molecule has 1 aromatic heterocycles. The standard InChI is InChI=1S/C9H11F3N4OS/c1-4(6(17)14-5-2-3-5)13-8-15-7(16-18-8)9(10,11)12/h4-5H,2-3H2,1H3,(H,14,17)(H,13,15,16). The molecule has 0 spiro atoms. The zero-order chi connectivity index (χ0) is 13.3. The van der Waals surface area contributed by atoms with Crippen LogP contribution in [0.25, 0.3) is 0 Å². The van der Waals surface area contributed by atoms with Crippen LogP contribution in [0.3, 0.4) is 0 Å². The summed E-state index contributed by atoms with van der Waals surface area (Å²) >= 11 is 0.584. The average Bonchev–Trinajstić information content (AvgIpc) is 2.92. The van der Waals surface area contributed by atoms with Crippen LogP contribution in [-0.2, 0) is 11.0 Å². The van der Waals surface area contributed by atoms with Gasteiger partial charge in [0, 0.05) is 17.6 Å². The molecule has 0 saturated heterocycles. The van der Waals surface area contributed by atoms with Gasteiger partial charge in [0.25, 0.3) is 0 Å². The molecule has 18 heavy (non-hydrogen) atoms. The van der Waals surface area contributed by atoms with Crippen LogP contribution in [0.4, 0.5) is 18.3 Å². The van der Waals surface area contributed by atoms with Crippen LogP contribution in [-0.4, -0.2) is 27.3 Å². The summed E-state index contributed by atoms with van der Waals surface area (Å²) in [5, 5.41) is 5.33. The predicted molar refractivity (Wildman–Crippen MR) is 59.2 cm³/mol. The summed E-state index contributed by atoms with van der Waals surface area (Å²) in [6.07, 6.45) is -2.65. The van der Waals surface area contributed by atoms with Crippen molar-refractivity contribution in [1.29, 1.82) is 0 Å². The van der Waals surface area contributed by atoms with Crippen molar-refractivity contribution >= 4 is 22.6 Å². The van der Waals surface area contributed by atoms with E-state index in [1.165, 1.54) is 0 Å². The number of rotatable bonds is 4. The second-order valence-electron chi connectivity index (χ2n) is 4.07. The number of nitrogens with one attached hydrogen (secondary N) is 2. The molecule has 100 valence electrons. The summed E-state index contributed by atoms with van der Waals surface area (Å²) in [6.45, 7) is 1.56. The van der Waals surface area contributed by atoms with E-state index in [0.29, 0.717) is 11.5 Å². The second kappa shape index (κ2) is 4.71. The molecule has 1 aliphatic carbocycles. The Morgan fingerprint density at radius 3 is 2.67 bits per heavy atom. The molecule has 1 fully saturated rings. The Morgan fingerprint density at radius 1 is 1.50 bits per heavy atom. The number of alkyl halides is 3. The normalized spacial score (nSPS) is 17.3. The van der Waals surface area contributed by atoms with Gasteiger partial charge in [-0.15, -0.1) is 0 Å². The Kier molecular flexibility index (Phi) is 3.42. The molecule has 2 rings (SSSR count). The maximum Gasteiger partial charge on any atom is 0.452 e. The largest absolute Gasteiger partial charge is 0.452 e. The van der Waals surface area contributed by atoms with Crippen molar-refractivity contribution < 1.29 is 18.0 Å². The maximum atomic E-state index is 12.3. The van der Waals surface area contributed by atoms with Crippen molar-refractivity contribution in [2.24, 2.45) is 0 Å². The van der Waals surface area contributed by atoms with Crippen molar-refractivity contribution in [3.63, 3.8) is 0 Å². The molecule has 1 aromatic rings. The fourth-order valence-corrected chi connectivity index (χ4v) is 1.88. The first-order valence-corrected chi connectivity index (χ1v) is 6.11. The molecular weight excluding hydrogens is 269 g/mol. The minimum atomic E-state index is -4.56. The fraction of sp³-hybridized carbons (Fsp3) is 0.667. The van der Waals surface area contributed by atoms with Crippen molar-refractivity contribution in [2.75, 3.05) is 5.32 Å². The van der Waals surface area contributed by atoms with Gasteiger partial charge in [0.15, 0.2) is 0 Å². The molecule has 1 unspecified atom stereocenters. The van der Waals surface area contributed by atoms with E-state index >= 15 is 0 Å². The highest BCUT2D eigenvalue weighted by molar-refractivity contribution is 7.09. The number of carbonyl (C=O) groups excluding carboxylic acids is 1. The molecule has 2 N–H and O–H groups in total. The number of hydrogen-bond acceptors (Lipinski definition) is 5. The Bertz CT molecular complexity index is 443. The average molecular weight is 280 g/mol. The highest BCUT2D eigenvalue weighted by atomic mass is 32.1. The first-order chi connectivity index (χ1) is 8.36. The molecule has 1 atom stereocenters. The molecule has 1 aliphatic rings. The van der Waals surface area contributed by atoms with E-state index < -0.39 is 18.0 Å². The highest BCUT2D eigenvalue weighted by Gasteiger charge is 2.36. The Hall–Kier alpha value is -1.38. The monoisotopic (exact) mass is 280 g/mol. The predicted octanol–water partition coefficient (Wildman–Crippen LogP) is 1.64. The lowest BCUT2D eigenvalue weighted by molar-refractivity contribution is -0.144.